The van der Waals surface area contributed by atoms with Crippen molar-refractivity contribution in [1.29, 1.82) is 0 Å². The summed E-state index contributed by atoms with van der Waals surface area (Å²) in [6.07, 6.45) is 1.85. The summed E-state index contributed by atoms with van der Waals surface area (Å²) in [6.45, 7) is 6.03. The second-order valence-electron chi connectivity index (χ2n) is 4.61. The molecule has 0 atom stereocenters. The monoisotopic (exact) mass is 215 g/mol. The van der Waals surface area contributed by atoms with Crippen LogP contribution < -0.4 is 5.73 Å². The molecule has 2 N–H and O–H groups in total. The van der Waals surface area contributed by atoms with E-state index in [1.807, 2.05) is 62.0 Å². The SMILES string of the molecule is Cc1c(C(C)(C)N)cnn1-c1ccccc1. The highest BCUT2D eigenvalue weighted by atomic mass is 15.3. The minimum Gasteiger partial charge on any atom is -0.322 e. The van der Waals surface area contributed by atoms with E-state index >= 15 is 0 Å². The Morgan fingerprint density at radius 1 is 1.19 bits per heavy atom. The highest BCUT2D eigenvalue weighted by Crippen LogP contribution is 2.22. The first kappa shape index (κ1) is 10.9. The van der Waals surface area contributed by atoms with Crippen molar-refractivity contribution in [2.45, 2.75) is 26.3 Å². The molecule has 2 aromatic rings. The molecule has 0 spiro atoms. The smallest absolute Gasteiger partial charge is 0.0648 e. The second kappa shape index (κ2) is 3.76. The van der Waals surface area contributed by atoms with Crippen LogP contribution in [-0.2, 0) is 5.54 Å². The van der Waals surface area contributed by atoms with Gasteiger partial charge >= 0.3 is 0 Å². The standard InChI is InChI=1S/C13H17N3/c1-10-12(13(2,3)14)9-15-16(10)11-7-5-4-6-8-11/h4-9H,14H2,1-3H3. The molecule has 84 valence electrons. The van der Waals surface area contributed by atoms with Gasteiger partial charge in [0.2, 0.25) is 0 Å². The zero-order valence-electron chi connectivity index (χ0n) is 9.94. The van der Waals surface area contributed by atoms with E-state index in [1.165, 1.54) is 0 Å². The molecular formula is C13H17N3. The van der Waals surface area contributed by atoms with E-state index in [0.717, 1.165) is 16.9 Å². The van der Waals surface area contributed by atoms with E-state index in [4.69, 9.17) is 5.73 Å². The minimum atomic E-state index is -0.350. The first-order chi connectivity index (χ1) is 7.50. The predicted molar refractivity (Wildman–Crippen MR) is 65.5 cm³/mol. The van der Waals surface area contributed by atoms with E-state index in [0.29, 0.717) is 0 Å². The Morgan fingerprint density at radius 2 is 1.81 bits per heavy atom. The highest BCUT2D eigenvalue weighted by Gasteiger charge is 2.20. The Bertz CT molecular complexity index is 478. The number of aromatic nitrogens is 2. The lowest BCUT2D eigenvalue weighted by Gasteiger charge is -2.18. The predicted octanol–water partition coefficient (Wildman–Crippen LogP) is 2.37. The fourth-order valence-corrected chi connectivity index (χ4v) is 1.87. The minimum absolute atomic E-state index is 0.350. The van der Waals surface area contributed by atoms with Gasteiger partial charge < -0.3 is 5.73 Å². The van der Waals surface area contributed by atoms with Gasteiger partial charge in [0.05, 0.1) is 11.9 Å². The molecule has 0 aliphatic carbocycles. The maximum atomic E-state index is 6.10. The molecule has 0 radical (unpaired) electrons. The molecule has 3 heteroatoms. The van der Waals surface area contributed by atoms with Crippen LogP contribution in [0.25, 0.3) is 5.69 Å². The zero-order chi connectivity index (χ0) is 11.8. The summed E-state index contributed by atoms with van der Waals surface area (Å²) in [6, 6.07) is 10.1. The van der Waals surface area contributed by atoms with Crippen LogP contribution in [0.3, 0.4) is 0 Å². The van der Waals surface area contributed by atoms with Crippen molar-refractivity contribution in [3.05, 3.63) is 47.8 Å². The topological polar surface area (TPSA) is 43.8 Å². The average molecular weight is 215 g/mol. The molecule has 3 nitrogen and oxygen atoms in total. The molecule has 0 fully saturated rings. The summed E-state index contributed by atoms with van der Waals surface area (Å²) in [4.78, 5) is 0. The fraction of sp³-hybridized carbons (Fsp3) is 0.308. The molecule has 0 aliphatic rings. The average Bonchev–Trinajstić information content (AvgIpc) is 2.61. The third-order valence-corrected chi connectivity index (χ3v) is 2.70. The molecule has 0 aliphatic heterocycles. The molecule has 2 rings (SSSR count). The van der Waals surface area contributed by atoms with Gasteiger partial charge in [-0.15, -0.1) is 0 Å². The highest BCUT2D eigenvalue weighted by molar-refractivity contribution is 5.36. The quantitative estimate of drug-likeness (QED) is 0.835. The van der Waals surface area contributed by atoms with Gasteiger partial charge in [0, 0.05) is 16.8 Å². The van der Waals surface area contributed by atoms with Gasteiger partial charge in [0.15, 0.2) is 0 Å². The van der Waals surface area contributed by atoms with E-state index < -0.39 is 0 Å². The molecule has 0 unspecified atom stereocenters. The Hall–Kier alpha value is -1.61. The van der Waals surface area contributed by atoms with Crippen molar-refractivity contribution in [3.8, 4) is 5.69 Å². The number of hydrogen-bond donors (Lipinski definition) is 1. The second-order valence-corrected chi connectivity index (χ2v) is 4.61. The van der Waals surface area contributed by atoms with Crippen molar-refractivity contribution in [2.75, 3.05) is 0 Å². The summed E-state index contributed by atoms with van der Waals surface area (Å²) in [5, 5.41) is 4.39. The number of rotatable bonds is 2. The first-order valence-corrected chi connectivity index (χ1v) is 5.39. The van der Waals surface area contributed by atoms with Gasteiger partial charge in [-0.1, -0.05) is 18.2 Å². The van der Waals surface area contributed by atoms with E-state index in [-0.39, 0.29) is 5.54 Å². The lowest BCUT2D eigenvalue weighted by molar-refractivity contribution is 0.550. The lowest BCUT2D eigenvalue weighted by Crippen LogP contribution is -2.29. The van der Waals surface area contributed by atoms with Gasteiger partial charge in [0.25, 0.3) is 0 Å². The molecule has 0 bridgehead atoms. The van der Waals surface area contributed by atoms with Gasteiger partial charge in [-0.3, -0.25) is 0 Å². The summed E-state index contributed by atoms with van der Waals surface area (Å²) < 4.78 is 1.92. The van der Waals surface area contributed by atoms with Gasteiger partial charge in [-0.25, -0.2) is 4.68 Å². The molecule has 1 aromatic heterocycles. The number of hydrogen-bond acceptors (Lipinski definition) is 2. The number of para-hydroxylation sites is 1. The van der Waals surface area contributed by atoms with Crippen LogP contribution in [0, 0.1) is 6.92 Å². The fourth-order valence-electron chi connectivity index (χ4n) is 1.87. The summed E-state index contributed by atoms with van der Waals surface area (Å²) in [5.41, 5.74) is 8.99. The third-order valence-electron chi connectivity index (χ3n) is 2.70. The molecule has 1 heterocycles. The van der Waals surface area contributed by atoms with Crippen molar-refractivity contribution in [1.82, 2.24) is 9.78 Å². The number of nitrogens with zero attached hydrogens (tertiary/aromatic N) is 2. The van der Waals surface area contributed by atoms with Gasteiger partial charge in [0.1, 0.15) is 0 Å². The van der Waals surface area contributed by atoms with Crippen LogP contribution in [0.1, 0.15) is 25.1 Å². The van der Waals surface area contributed by atoms with Gasteiger partial charge in [-0.2, -0.15) is 5.10 Å². The van der Waals surface area contributed by atoms with Crippen LogP contribution in [-0.4, -0.2) is 9.78 Å². The van der Waals surface area contributed by atoms with Crippen LogP contribution in [0.4, 0.5) is 0 Å². The van der Waals surface area contributed by atoms with Crippen LogP contribution in [0.2, 0.25) is 0 Å². The van der Waals surface area contributed by atoms with E-state index in [1.54, 1.807) is 0 Å². The maximum absolute atomic E-state index is 6.10. The largest absolute Gasteiger partial charge is 0.322 e. The lowest BCUT2D eigenvalue weighted by atomic mass is 9.97. The van der Waals surface area contributed by atoms with Crippen LogP contribution >= 0.6 is 0 Å². The third kappa shape index (κ3) is 1.86. The molecule has 1 aromatic carbocycles. The Labute approximate surface area is 95.9 Å². The Balaban J connectivity index is 2.50. The van der Waals surface area contributed by atoms with Crippen LogP contribution in [0.15, 0.2) is 36.5 Å². The Kier molecular flexibility index (Phi) is 2.56. The Morgan fingerprint density at radius 3 is 2.31 bits per heavy atom. The molecule has 0 saturated heterocycles. The molecule has 0 amide bonds. The van der Waals surface area contributed by atoms with E-state index in [2.05, 4.69) is 5.10 Å². The number of nitrogens with two attached hydrogens (primary N) is 1. The molecular weight excluding hydrogens is 198 g/mol. The summed E-state index contributed by atoms with van der Waals surface area (Å²) in [5.74, 6) is 0. The molecule has 0 saturated carbocycles. The zero-order valence-corrected chi connectivity index (χ0v) is 9.94. The van der Waals surface area contributed by atoms with E-state index in [9.17, 15) is 0 Å². The summed E-state index contributed by atoms with van der Waals surface area (Å²) in [7, 11) is 0. The van der Waals surface area contributed by atoms with Crippen molar-refractivity contribution in [2.24, 2.45) is 5.73 Å². The van der Waals surface area contributed by atoms with Crippen molar-refractivity contribution >= 4 is 0 Å². The van der Waals surface area contributed by atoms with Gasteiger partial charge in [-0.05, 0) is 32.9 Å². The molecule has 16 heavy (non-hydrogen) atoms. The van der Waals surface area contributed by atoms with Crippen LogP contribution in [0.5, 0.6) is 0 Å². The van der Waals surface area contributed by atoms with Crippen molar-refractivity contribution in [3.63, 3.8) is 0 Å². The maximum Gasteiger partial charge on any atom is 0.0648 e. The first-order valence-electron chi connectivity index (χ1n) is 5.39. The van der Waals surface area contributed by atoms with Crippen molar-refractivity contribution < 1.29 is 0 Å². The normalized spacial score (nSPS) is 11.8. The summed E-state index contributed by atoms with van der Waals surface area (Å²) >= 11 is 0. The number of benzene rings is 1.